The third-order valence-electron chi connectivity index (χ3n) is 2.71. The standard InChI is InChI=1S/C15H15N3OS/c1-10-11(2)20-15(17-10)18-14(19)13-7-3-5-12(9-13)6-4-8-16/h3,5,7,9H,8,16H2,1-2H3,(H,17,18,19). The smallest absolute Gasteiger partial charge is 0.257 e. The Balaban J connectivity index is 2.16. The summed E-state index contributed by atoms with van der Waals surface area (Å²) in [4.78, 5) is 17.5. The molecule has 0 unspecified atom stereocenters. The van der Waals surface area contributed by atoms with Gasteiger partial charge in [0.25, 0.3) is 5.91 Å². The van der Waals surface area contributed by atoms with Crippen LogP contribution in [0.4, 0.5) is 5.13 Å². The van der Waals surface area contributed by atoms with Gasteiger partial charge < -0.3 is 5.73 Å². The van der Waals surface area contributed by atoms with Crippen molar-refractivity contribution < 1.29 is 4.79 Å². The third-order valence-corrected chi connectivity index (χ3v) is 3.70. The molecule has 4 nitrogen and oxygen atoms in total. The molecule has 0 radical (unpaired) electrons. The minimum atomic E-state index is -0.185. The fourth-order valence-corrected chi connectivity index (χ4v) is 2.40. The van der Waals surface area contributed by atoms with Crippen molar-refractivity contribution in [3.8, 4) is 11.8 Å². The van der Waals surface area contributed by atoms with E-state index in [0.717, 1.165) is 16.1 Å². The summed E-state index contributed by atoms with van der Waals surface area (Å²) in [5, 5.41) is 3.41. The van der Waals surface area contributed by atoms with E-state index in [1.165, 1.54) is 11.3 Å². The van der Waals surface area contributed by atoms with Crippen molar-refractivity contribution in [2.75, 3.05) is 11.9 Å². The van der Waals surface area contributed by atoms with Crippen molar-refractivity contribution in [3.63, 3.8) is 0 Å². The average molecular weight is 285 g/mol. The number of hydrogen-bond acceptors (Lipinski definition) is 4. The SMILES string of the molecule is Cc1nc(NC(=O)c2cccc(C#CCN)c2)sc1C. The molecule has 0 saturated carbocycles. The van der Waals surface area contributed by atoms with E-state index in [-0.39, 0.29) is 5.91 Å². The number of rotatable bonds is 2. The highest BCUT2D eigenvalue weighted by molar-refractivity contribution is 7.15. The molecule has 2 rings (SSSR count). The first-order valence-corrected chi connectivity index (χ1v) is 6.96. The predicted octanol–water partition coefficient (Wildman–Crippen LogP) is 2.32. The van der Waals surface area contributed by atoms with Gasteiger partial charge >= 0.3 is 0 Å². The van der Waals surface area contributed by atoms with Crippen molar-refractivity contribution >= 4 is 22.4 Å². The summed E-state index contributed by atoms with van der Waals surface area (Å²) in [6.45, 7) is 4.20. The van der Waals surface area contributed by atoms with Gasteiger partial charge in [-0.2, -0.15) is 0 Å². The number of nitrogens with two attached hydrogens (primary N) is 1. The van der Waals surface area contributed by atoms with Gasteiger partial charge in [-0.05, 0) is 32.0 Å². The molecule has 20 heavy (non-hydrogen) atoms. The summed E-state index contributed by atoms with van der Waals surface area (Å²) in [5.74, 6) is 5.49. The lowest BCUT2D eigenvalue weighted by molar-refractivity contribution is 0.102. The molecule has 0 bridgehead atoms. The summed E-state index contributed by atoms with van der Waals surface area (Å²) in [6.07, 6.45) is 0. The van der Waals surface area contributed by atoms with Crippen LogP contribution in [-0.2, 0) is 0 Å². The third kappa shape index (κ3) is 3.44. The Hall–Kier alpha value is -2.16. The highest BCUT2D eigenvalue weighted by Crippen LogP contribution is 2.21. The van der Waals surface area contributed by atoms with Gasteiger partial charge in [0, 0.05) is 16.0 Å². The number of nitrogens with one attached hydrogen (secondary N) is 1. The number of carbonyl (C=O) groups is 1. The molecule has 1 aromatic carbocycles. The van der Waals surface area contributed by atoms with Gasteiger partial charge in [-0.15, -0.1) is 11.3 Å². The van der Waals surface area contributed by atoms with Gasteiger partial charge in [-0.3, -0.25) is 10.1 Å². The molecule has 0 atom stereocenters. The van der Waals surface area contributed by atoms with E-state index >= 15 is 0 Å². The minimum Gasteiger partial charge on any atom is -0.320 e. The normalized spacial score (nSPS) is 9.75. The summed E-state index contributed by atoms with van der Waals surface area (Å²) < 4.78 is 0. The molecule has 1 heterocycles. The van der Waals surface area contributed by atoms with Crippen molar-refractivity contribution in [1.82, 2.24) is 4.98 Å². The maximum atomic E-state index is 12.1. The number of anilines is 1. The highest BCUT2D eigenvalue weighted by atomic mass is 32.1. The number of aryl methyl sites for hydroxylation is 2. The molecular formula is C15H15N3OS. The zero-order valence-electron chi connectivity index (χ0n) is 11.4. The van der Waals surface area contributed by atoms with E-state index in [1.807, 2.05) is 19.9 Å². The number of hydrogen-bond donors (Lipinski definition) is 2. The van der Waals surface area contributed by atoms with E-state index < -0.39 is 0 Å². The van der Waals surface area contributed by atoms with Crippen LogP contribution in [0, 0.1) is 25.7 Å². The van der Waals surface area contributed by atoms with Gasteiger partial charge in [0.15, 0.2) is 5.13 Å². The Morgan fingerprint density at radius 1 is 1.45 bits per heavy atom. The molecule has 5 heteroatoms. The zero-order valence-corrected chi connectivity index (χ0v) is 12.2. The number of aromatic nitrogens is 1. The van der Waals surface area contributed by atoms with E-state index in [4.69, 9.17) is 5.73 Å². The molecule has 102 valence electrons. The largest absolute Gasteiger partial charge is 0.320 e. The van der Waals surface area contributed by atoms with Gasteiger partial charge in [-0.1, -0.05) is 17.9 Å². The summed E-state index contributed by atoms with van der Waals surface area (Å²) in [6, 6.07) is 7.13. The summed E-state index contributed by atoms with van der Waals surface area (Å²) in [5.41, 5.74) is 7.60. The Morgan fingerprint density at radius 3 is 2.90 bits per heavy atom. The Kier molecular flexibility index (Phi) is 4.51. The summed E-state index contributed by atoms with van der Waals surface area (Å²) in [7, 11) is 0. The molecular weight excluding hydrogens is 270 g/mol. The van der Waals surface area contributed by atoms with Crippen LogP contribution >= 0.6 is 11.3 Å². The number of amides is 1. The van der Waals surface area contributed by atoms with Crippen LogP contribution in [0.25, 0.3) is 0 Å². The Labute approximate surface area is 122 Å². The monoisotopic (exact) mass is 285 g/mol. The highest BCUT2D eigenvalue weighted by Gasteiger charge is 2.10. The number of thiazole rings is 1. The quantitative estimate of drug-likeness (QED) is 0.832. The first kappa shape index (κ1) is 14.3. The maximum Gasteiger partial charge on any atom is 0.257 e. The lowest BCUT2D eigenvalue weighted by Crippen LogP contribution is -2.11. The second-order valence-corrected chi connectivity index (χ2v) is 5.40. The fraction of sp³-hybridized carbons (Fsp3) is 0.200. The van der Waals surface area contributed by atoms with Crippen LogP contribution in [-0.4, -0.2) is 17.4 Å². The first-order valence-electron chi connectivity index (χ1n) is 6.14. The van der Waals surface area contributed by atoms with E-state index in [2.05, 4.69) is 22.1 Å². The van der Waals surface area contributed by atoms with Crippen LogP contribution in [0.3, 0.4) is 0 Å². The average Bonchev–Trinajstić information content (AvgIpc) is 2.75. The minimum absolute atomic E-state index is 0.185. The second kappa shape index (κ2) is 6.33. The summed E-state index contributed by atoms with van der Waals surface area (Å²) >= 11 is 1.47. The lowest BCUT2D eigenvalue weighted by Gasteiger charge is -2.02. The molecule has 3 N–H and O–H groups in total. The van der Waals surface area contributed by atoms with Crippen LogP contribution in [0.2, 0.25) is 0 Å². The molecule has 0 aliphatic carbocycles. The van der Waals surface area contributed by atoms with Crippen LogP contribution < -0.4 is 11.1 Å². The van der Waals surface area contributed by atoms with E-state index in [9.17, 15) is 4.79 Å². The molecule has 2 aromatic rings. The van der Waals surface area contributed by atoms with Gasteiger partial charge in [0.2, 0.25) is 0 Å². The van der Waals surface area contributed by atoms with Crippen LogP contribution in [0.15, 0.2) is 24.3 Å². The van der Waals surface area contributed by atoms with Gasteiger partial charge in [0.1, 0.15) is 0 Å². The second-order valence-electron chi connectivity index (χ2n) is 4.20. The van der Waals surface area contributed by atoms with Crippen molar-refractivity contribution in [2.45, 2.75) is 13.8 Å². The predicted molar refractivity (Wildman–Crippen MR) is 81.9 cm³/mol. The molecule has 0 aliphatic rings. The number of nitrogens with zero attached hydrogens (tertiary/aromatic N) is 1. The van der Waals surface area contributed by atoms with Crippen molar-refractivity contribution in [2.24, 2.45) is 5.73 Å². The van der Waals surface area contributed by atoms with Crippen molar-refractivity contribution in [1.29, 1.82) is 0 Å². The molecule has 0 aliphatic heterocycles. The number of carbonyl (C=O) groups excluding carboxylic acids is 1. The molecule has 0 spiro atoms. The fourth-order valence-electron chi connectivity index (χ4n) is 1.59. The van der Waals surface area contributed by atoms with Crippen LogP contribution in [0.5, 0.6) is 0 Å². The Morgan fingerprint density at radius 2 is 2.25 bits per heavy atom. The molecule has 1 aromatic heterocycles. The first-order chi connectivity index (χ1) is 9.60. The van der Waals surface area contributed by atoms with Crippen LogP contribution in [0.1, 0.15) is 26.5 Å². The molecule has 1 amide bonds. The number of benzene rings is 1. The molecule has 0 saturated heterocycles. The van der Waals surface area contributed by atoms with Crippen molar-refractivity contribution in [3.05, 3.63) is 46.0 Å². The zero-order chi connectivity index (χ0) is 14.5. The topological polar surface area (TPSA) is 68.0 Å². The lowest BCUT2D eigenvalue weighted by atomic mass is 10.1. The van der Waals surface area contributed by atoms with Gasteiger partial charge in [0.05, 0.1) is 12.2 Å². The maximum absolute atomic E-state index is 12.1. The van der Waals surface area contributed by atoms with E-state index in [1.54, 1.807) is 18.2 Å². The molecule has 0 fully saturated rings. The van der Waals surface area contributed by atoms with E-state index in [0.29, 0.717) is 17.2 Å². The van der Waals surface area contributed by atoms with Gasteiger partial charge in [-0.25, -0.2) is 4.98 Å². The Bertz CT molecular complexity index is 675.